The number of nitrogens with zero attached hydrogens (tertiary/aromatic N) is 3. The Bertz CT molecular complexity index is 1480. The molecule has 1 aliphatic heterocycles. The van der Waals surface area contributed by atoms with Gasteiger partial charge in [0, 0.05) is 4.88 Å². The zero-order valence-corrected chi connectivity index (χ0v) is 20.4. The Morgan fingerprint density at radius 2 is 2.15 bits per heavy atom. The molecule has 1 aromatic carbocycles. The maximum Gasteiger partial charge on any atom is 0.338 e. The van der Waals surface area contributed by atoms with Crippen LogP contribution >= 0.6 is 22.7 Å². The van der Waals surface area contributed by atoms with Gasteiger partial charge < -0.3 is 14.2 Å². The van der Waals surface area contributed by atoms with E-state index in [0.29, 0.717) is 32.1 Å². The fraction of sp³-hybridized carbons (Fsp3) is 0.250. The SMILES string of the molecule is CCOC(=O)C1=C(C)N=c2s/c(=C\c3ccc(OCC#N)c(OC)c3)c(=O)n2[C@@H]1c1cccs1. The monoisotopic (exact) mass is 495 g/mol. The molecule has 1 atom stereocenters. The van der Waals surface area contributed by atoms with E-state index >= 15 is 0 Å². The topological polar surface area (TPSA) is 103 Å². The molecular weight excluding hydrogens is 474 g/mol. The molecule has 0 bridgehead atoms. The number of thiophene rings is 1. The summed E-state index contributed by atoms with van der Waals surface area (Å²) in [5, 5.41) is 10.7. The average molecular weight is 496 g/mol. The summed E-state index contributed by atoms with van der Waals surface area (Å²) in [6.07, 6.45) is 1.75. The van der Waals surface area contributed by atoms with Crippen LogP contribution in [0.15, 0.2) is 56.8 Å². The van der Waals surface area contributed by atoms with Crippen molar-refractivity contribution in [3.8, 4) is 17.6 Å². The summed E-state index contributed by atoms with van der Waals surface area (Å²) >= 11 is 2.72. The lowest BCUT2D eigenvalue weighted by Gasteiger charge is -2.23. The van der Waals surface area contributed by atoms with Crippen LogP contribution in [-0.4, -0.2) is 30.9 Å². The van der Waals surface area contributed by atoms with Gasteiger partial charge in [0.15, 0.2) is 22.9 Å². The first-order valence-electron chi connectivity index (χ1n) is 10.4. The molecule has 0 saturated heterocycles. The Labute approximate surface area is 203 Å². The minimum absolute atomic E-state index is 0.0980. The second-order valence-corrected chi connectivity index (χ2v) is 9.16. The number of aromatic nitrogens is 1. The predicted molar refractivity (Wildman–Crippen MR) is 129 cm³/mol. The number of allylic oxidation sites excluding steroid dienone is 1. The third-order valence-electron chi connectivity index (χ3n) is 5.11. The zero-order valence-electron chi connectivity index (χ0n) is 18.7. The van der Waals surface area contributed by atoms with Gasteiger partial charge in [-0.1, -0.05) is 23.5 Å². The molecule has 34 heavy (non-hydrogen) atoms. The molecule has 2 aromatic heterocycles. The number of carbonyl (C=O) groups is 1. The standard InChI is InChI=1S/C24H21N3O5S2/c1-4-31-23(29)20-14(2)26-24-27(21(20)18-6-5-11-33-18)22(28)19(34-24)13-15-7-8-16(32-10-9-25)17(12-15)30-3/h5-8,11-13,21H,4,10H2,1-3H3/b19-13-/t21-/m1/s1. The molecule has 0 fully saturated rings. The molecule has 0 N–H and O–H groups in total. The molecule has 8 nitrogen and oxygen atoms in total. The Hall–Kier alpha value is -3.68. The van der Waals surface area contributed by atoms with Gasteiger partial charge in [-0.3, -0.25) is 9.36 Å². The first-order valence-corrected chi connectivity index (χ1v) is 12.1. The molecule has 1 aliphatic rings. The van der Waals surface area contributed by atoms with Crippen LogP contribution in [0, 0.1) is 11.3 Å². The zero-order chi connectivity index (χ0) is 24.2. The van der Waals surface area contributed by atoms with Crippen molar-refractivity contribution in [1.29, 1.82) is 5.26 Å². The van der Waals surface area contributed by atoms with Crippen molar-refractivity contribution in [3.05, 3.63) is 77.1 Å². The number of fused-ring (bicyclic) bond motifs is 1. The summed E-state index contributed by atoms with van der Waals surface area (Å²) < 4.78 is 18.0. The number of nitriles is 1. The Morgan fingerprint density at radius 3 is 2.82 bits per heavy atom. The number of methoxy groups -OCH3 is 1. The molecular formula is C24H21N3O5S2. The van der Waals surface area contributed by atoms with Crippen LogP contribution in [0.5, 0.6) is 11.5 Å². The van der Waals surface area contributed by atoms with Gasteiger partial charge in [0.2, 0.25) is 0 Å². The van der Waals surface area contributed by atoms with E-state index in [1.807, 2.05) is 23.6 Å². The fourth-order valence-electron chi connectivity index (χ4n) is 3.66. The van der Waals surface area contributed by atoms with Crippen molar-refractivity contribution < 1.29 is 19.0 Å². The summed E-state index contributed by atoms with van der Waals surface area (Å²) in [6.45, 7) is 3.63. The summed E-state index contributed by atoms with van der Waals surface area (Å²) in [7, 11) is 1.51. The van der Waals surface area contributed by atoms with Gasteiger partial charge in [-0.15, -0.1) is 11.3 Å². The van der Waals surface area contributed by atoms with Crippen molar-refractivity contribution in [3.63, 3.8) is 0 Å². The molecule has 0 radical (unpaired) electrons. The number of benzene rings is 1. The number of hydrogen-bond donors (Lipinski definition) is 0. The van der Waals surface area contributed by atoms with Gasteiger partial charge >= 0.3 is 5.97 Å². The van der Waals surface area contributed by atoms with Crippen molar-refractivity contribution in [1.82, 2.24) is 4.57 Å². The van der Waals surface area contributed by atoms with E-state index in [1.165, 1.54) is 29.8 Å². The molecule has 0 saturated carbocycles. The number of rotatable bonds is 7. The molecule has 0 aliphatic carbocycles. The fourth-order valence-corrected chi connectivity index (χ4v) is 5.53. The van der Waals surface area contributed by atoms with E-state index in [1.54, 1.807) is 42.7 Å². The lowest BCUT2D eigenvalue weighted by molar-refractivity contribution is -0.139. The first-order chi connectivity index (χ1) is 16.5. The minimum atomic E-state index is -0.603. The molecule has 4 rings (SSSR count). The third-order valence-corrected chi connectivity index (χ3v) is 7.02. The Kier molecular flexibility index (Phi) is 6.95. The Balaban J connectivity index is 1.85. The minimum Gasteiger partial charge on any atom is -0.493 e. The Morgan fingerprint density at radius 1 is 1.32 bits per heavy atom. The molecule has 174 valence electrons. The van der Waals surface area contributed by atoms with Crippen LogP contribution < -0.4 is 24.4 Å². The summed E-state index contributed by atoms with van der Waals surface area (Å²) in [6, 6.07) is 10.3. The van der Waals surface area contributed by atoms with E-state index in [-0.39, 0.29) is 18.8 Å². The second kappa shape index (κ2) is 10.1. The molecule has 0 unspecified atom stereocenters. The van der Waals surface area contributed by atoms with Crippen molar-refractivity contribution >= 4 is 34.7 Å². The maximum absolute atomic E-state index is 13.5. The highest BCUT2D eigenvalue weighted by atomic mass is 32.1. The lowest BCUT2D eigenvalue weighted by atomic mass is 10.0. The van der Waals surface area contributed by atoms with Gasteiger partial charge in [-0.2, -0.15) is 5.26 Å². The molecule has 0 amide bonds. The van der Waals surface area contributed by atoms with Crippen molar-refractivity contribution in [2.75, 3.05) is 20.3 Å². The van der Waals surface area contributed by atoms with Crippen molar-refractivity contribution in [2.45, 2.75) is 19.9 Å². The highest BCUT2D eigenvalue weighted by Gasteiger charge is 2.33. The van der Waals surface area contributed by atoms with Gasteiger partial charge in [0.05, 0.1) is 29.5 Å². The van der Waals surface area contributed by atoms with E-state index in [0.717, 1.165) is 10.4 Å². The highest BCUT2D eigenvalue weighted by molar-refractivity contribution is 7.10. The van der Waals surface area contributed by atoms with E-state index in [9.17, 15) is 9.59 Å². The van der Waals surface area contributed by atoms with E-state index < -0.39 is 12.0 Å². The van der Waals surface area contributed by atoms with Crippen LogP contribution in [0.1, 0.15) is 30.3 Å². The summed E-state index contributed by atoms with van der Waals surface area (Å²) in [4.78, 5) is 32.3. The molecule has 10 heteroatoms. The van der Waals surface area contributed by atoms with Gasteiger partial charge in [0.25, 0.3) is 5.56 Å². The lowest BCUT2D eigenvalue weighted by Crippen LogP contribution is -2.39. The average Bonchev–Trinajstić information content (AvgIpc) is 3.46. The number of hydrogen-bond acceptors (Lipinski definition) is 9. The van der Waals surface area contributed by atoms with Crippen LogP contribution in [0.3, 0.4) is 0 Å². The van der Waals surface area contributed by atoms with Gasteiger partial charge in [0.1, 0.15) is 12.1 Å². The van der Waals surface area contributed by atoms with Crippen LogP contribution in [0.2, 0.25) is 0 Å². The number of carbonyl (C=O) groups excluding carboxylic acids is 1. The van der Waals surface area contributed by atoms with Crippen molar-refractivity contribution in [2.24, 2.45) is 4.99 Å². The smallest absolute Gasteiger partial charge is 0.338 e. The molecule has 0 spiro atoms. The summed E-state index contributed by atoms with van der Waals surface area (Å²) in [5.41, 5.74) is 1.37. The number of esters is 1. The van der Waals surface area contributed by atoms with Crippen LogP contribution in [0.25, 0.3) is 6.08 Å². The first kappa shape index (κ1) is 23.5. The van der Waals surface area contributed by atoms with Crippen LogP contribution in [0.4, 0.5) is 0 Å². The normalized spacial score (nSPS) is 15.4. The predicted octanol–water partition coefficient (Wildman–Crippen LogP) is 2.77. The molecule has 3 heterocycles. The van der Waals surface area contributed by atoms with E-state index in [2.05, 4.69) is 4.99 Å². The number of ether oxygens (including phenoxy) is 3. The van der Waals surface area contributed by atoms with Gasteiger partial charge in [-0.05, 0) is 49.1 Å². The quantitative estimate of drug-likeness (QED) is 0.467. The van der Waals surface area contributed by atoms with Crippen LogP contribution in [-0.2, 0) is 9.53 Å². The summed E-state index contributed by atoms with van der Waals surface area (Å²) in [5.74, 6) is 0.415. The second-order valence-electron chi connectivity index (χ2n) is 7.17. The van der Waals surface area contributed by atoms with Gasteiger partial charge in [-0.25, -0.2) is 9.79 Å². The maximum atomic E-state index is 13.5. The molecule has 3 aromatic rings. The number of thiazole rings is 1. The third kappa shape index (κ3) is 4.40. The highest BCUT2D eigenvalue weighted by Crippen LogP contribution is 2.33. The van der Waals surface area contributed by atoms with E-state index in [4.69, 9.17) is 19.5 Å². The largest absolute Gasteiger partial charge is 0.493 e.